The van der Waals surface area contributed by atoms with Crippen LogP contribution in [0.3, 0.4) is 0 Å². The van der Waals surface area contributed by atoms with Crippen molar-refractivity contribution in [3.63, 3.8) is 0 Å². The molecular weight excluding hydrogens is 570 g/mol. The molecule has 42 heavy (non-hydrogen) atoms. The van der Waals surface area contributed by atoms with Crippen molar-refractivity contribution in [1.29, 1.82) is 0 Å². The van der Waals surface area contributed by atoms with Gasteiger partial charge in [-0.2, -0.15) is 9.36 Å². The summed E-state index contributed by atoms with van der Waals surface area (Å²) in [6.07, 6.45) is 4.70. The van der Waals surface area contributed by atoms with Crippen LogP contribution in [-0.2, 0) is 30.6 Å². The number of aliphatic carboxylic acids is 2. The lowest BCUT2D eigenvalue weighted by Gasteiger charge is -2.54. The van der Waals surface area contributed by atoms with Crippen LogP contribution in [0.4, 0.5) is 10.8 Å². The molecule has 2 saturated heterocycles. The second-order valence-electron chi connectivity index (χ2n) is 10.5. The largest absolute Gasteiger partial charge is 0.480 e. The maximum Gasteiger partial charge on any atom is 0.350 e. The van der Waals surface area contributed by atoms with Crippen LogP contribution in [0.5, 0.6) is 0 Å². The van der Waals surface area contributed by atoms with Crippen LogP contribution in [0, 0.1) is 5.92 Å². The smallest absolute Gasteiger partial charge is 0.350 e. The number of carbonyl (C=O) groups excluding carboxylic acids is 2. The van der Waals surface area contributed by atoms with E-state index in [0.29, 0.717) is 19.4 Å². The summed E-state index contributed by atoms with van der Waals surface area (Å²) in [6.45, 7) is 4.44. The molecule has 2 aliphatic heterocycles. The maximum atomic E-state index is 13.2. The average Bonchev–Trinajstić information content (AvgIpc) is 3.37. The minimum absolute atomic E-state index is 0.0362. The number of oxime groups is 1. The Kier molecular flexibility index (Phi) is 9.20. The van der Waals surface area contributed by atoms with Gasteiger partial charge in [-0.15, -0.1) is 0 Å². The number of rotatable bonds is 13. The normalized spacial score (nSPS) is 22.1. The molecule has 0 spiro atoms. The van der Waals surface area contributed by atoms with E-state index < -0.39 is 53.2 Å². The van der Waals surface area contributed by atoms with E-state index in [-0.39, 0.29) is 16.9 Å². The number of hydrogen-bond acceptors (Lipinski definition) is 12. The van der Waals surface area contributed by atoms with Crippen molar-refractivity contribution in [2.24, 2.45) is 11.1 Å². The van der Waals surface area contributed by atoms with Crippen LogP contribution in [-0.4, -0.2) is 97.8 Å². The topological polar surface area (TPSA) is 225 Å². The first-order valence-corrected chi connectivity index (χ1v) is 14.0. The Hall–Kier alpha value is -4.38. The molecule has 0 aliphatic carbocycles. The fourth-order valence-corrected chi connectivity index (χ4v) is 5.31. The lowest BCUT2D eigenvalue weighted by atomic mass is 9.76. The van der Waals surface area contributed by atoms with E-state index in [9.17, 15) is 29.4 Å². The third-order valence-electron chi connectivity index (χ3n) is 7.17. The van der Waals surface area contributed by atoms with E-state index in [4.69, 9.17) is 10.6 Å². The molecular formula is C25H34N9O7S+. The van der Waals surface area contributed by atoms with Crippen molar-refractivity contribution in [3.05, 3.63) is 30.4 Å². The van der Waals surface area contributed by atoms with Crippen molar-refractivity contribution >= 4 is 51.8 Å². The summed E-state index contributed by atoms with van der Waals surface area (Å²) < 4.78 is 5.84. The van der Waals surface area contributed by atoms with E-state index in [1.807, 2.05) is 36.1 Å². The van der Waals surface area contributed by atoms with Crippen LogP contribution in [0.2, 0.25) is 0 Å². The number of fused-ring (bicyclic) bond motifs is 1. The molecule has 2 fully saturated rings. The molecule has 4 atom stereocenters. The fraction of sp³-hybridized carbons (Fsp3) is 0.520. The van der Waals surface area contributed by atoms with Gasteiger partial charge in [0.25, 0.3) is 5.91 Å². The number of anilines is 2. The van der Waals surface area contributed by atoms with E-state index in [1.165, 1.54) is 18.7 Å². The monoisotopic (exact) mass is 604 g/mol. The molecule has 17 heteroatoms. The Morgan fingerprint density at radius 2 is 1.95 bits per heavy atom. The minimum Gasteiger partial charge on any atom is -0.480 e. The first-order valence-electron chi connectivity index (χ1n) is 13.3. The number of nitrogens with two attached hydrogens (primary N) is 1. The lowest BCUT2D eigenvalue weighted by Crippen LogP contribution is -2.77. The number of carboxylic acids is 2. The lowest BCUT2D eigenvalue weighted by molar-refractivity contribution is -0.704. The highest BCUT2D eigenvalue weighted by Gasteiger charge is 2.58. The van der Waals surface area contributed by atoms with E-state index >= 15 is 0 Å². The number of pyridine rings is 1. The number of nitrogen functional groups attached to an aromatic ring is 1. The first-order chi connectivity index (χ1) is 19.9. The molecule has 16 nitrogen and oxygen atoms in total. The van der Waals surface area contributed by atoms with Gasteiger partial charge in [0.05, 0.1) is 6.04 Å². The number of carbonyl (C=O) groups is 4. The SMILES string of the molecule is CNCCNc1cc[n+](CC2CCC3C(NC(=O)/C(=N/OC(C)(C)C(=O)O)c4nsc(N)n4)C(=O)N3C2C(=O)O)cc1. The molecule has 2 aromatic rings. The number of hydrogen-bond donors (Lipinski definition) is 6. The van der Waals surface area contributed by atoms with E-state index in [0.717, 1.165) is 30.3 Å². The number of nitrogens with one attached hydrogen (secondary N) is 3. The molecule has 0 radical (unpaired) electrons. The molecule has 226 valence electrons. The van der Waals surface area contributed by atoms with Gasteiger partial charge in [-0.05, 0) is 33.7 Å². The summed E-state index contributed by atoms with van der Waals surface area (Å²) in [5.41, 5.74) is 4.34. The van der Waals surface area contributed by atoms with Crippen LogP contribution < -0.4 is 26.3 Å². The molecule has 2 aromatic heterocycles. The summed E-state index contributed by atoms with van der Waals surface area (Å²) >= 11 is 0.792. The van der Waals surface area contributed by atoms with E-state index in [2.05, 4.69) is 30.5 Å². The standard InChI is InChI=1S/C25H33N9O7S/c1-25(2,23(39)40)41-31-17(19-30-24(26)42-32-19)20(35)29-16-15-5-4-13(18(22(37)38)34(15)21(16)36)12-33-10-6-14(7-11-33)28-9-8-27-3/h6-7,10-11,13,15-16,18,27H,4-5,8-9,12H2,1-3H3,(H5,26,29,30,32,35,37,38,39,40)/p+1/b31-17+. The Labute approximate surface area is 245 Å². The molecule has 2 aliphatic rings. The Morgan fingerprint density at radius 1 is 1.24 bits per heavy atom. The van der Waals surface area contributed by atoms with Gasteiger partial charge in [-0.25, -0.2) is 14.2 Å². The summed E-state index contributed by atoms with van der Waals surface area (Å²) in [6, 6.07) is 1.18. The molecule has 4 unspecified atom stereocenters. The quantitative estimate of drug-likeness (QED) is 0.0526. The average molecular weight is 605 g/mol. The zero-order chi connectivity index (χ0) is 30.6. The maximum absolute atomic E-state index is 13.2. The summed E-state index contributed by atoms with van der Waals surface area (Å²) in [5.74, 6) is -4.43. The van der Waals surface area contributed by atoms with Crippen molar-refractivity contribution in [2.75, 3.05) is 31.2 Å². The highest BCUT2D eigenvalue weighted by atomic mass is 32.1. The third-order valence-corrected chi connectivity index (χ3v) is 7.71. The van der Waals surface area contributed by atoms with Gasteiger partial charge in [-0.1, -0.05) is 5.16 Å². The van der Waals surface area contributed by atoms with Crippen molar-refractivity contribution < 1.29 is 38.8 Å². The number of carboxylic acid groups (broad SMARTS) is 2. The van der Waals surface area contributed by atoms with Gasteiger partial charge < -0.3 is 41.6 Å². The molecule has 0 saturated carbocycles. The minimum atomic E-state index is -1.77. The molecule has 4 heterocycles. The van der Waals surface area contributed by atoms with Crippen molar-refractivity contribution in [3.8, 4) is 0 Å². The molecule has 0 bridgehead atoms. The van der Waals surface area contributed by atoms with Gasteiger partial charge in [0.2, 0.25) is 23.0 Å². The predicted molar refractivity (Wildman–Crippen MR) is 149 cm³/mol. The summed E-state index contributed by atoms with van der Waals surface area (Å²) in [5, 5.41) is 32.0. The Balaban J connectivity index is 1.45. The summed E-state index contributed by atoms with van der Waals surface area (Å²) in [4.78, 5) is 60.5. The van der Waals surface area contributed by atoms with Crippen LogP contribution in [0.1, 0.15) is 32.5 Å². The highest BCUT2D eigenvalue weighted by molar-refractivity contribution is 7.09. The molecule has 4 rings (SSSR count). The Morgan fingerprint density at radius 3 is 2.55 bits per heavy atom. The van der Waals surface area contributed by atoms with Gasteiger partial charge in [0.15, 0.2) is 24.1 Å². The number of piperidine rings is 1. The number of β-lactam (4-membered cyclic amide) rings is 1. The zero-order valence-electron chi connectivity index (χ0n) is 23.3. The molecule has 7 N–H and O–H groups in total. The number of aromatic nitrogens is 3. The summed E-state index contributed by atoms with van der Waals surface area (Å²) in [7, 11) is 1.87. The second kappa shape index (κ2) is 12.6. The fourth-order valence-electron chi connectivity index (χ4n) is 4.88. The third kappa shape index (κ3) is 6.57. The van der Waals surface area contributed by atoms with Gasteiger partial charge in [0.1, 0.15) is 12.1 Å². The first kappa shape index (κ1) is 30.6. The van der Waals surface area contributed by atoms with Gasteiger partial charge >= 0.3 is 11.9 Å². The van der Waals surface area contributed by atoms with Crippen molar-refractivity contribution in [2.45, 2.75) is 57.0 Å². The second-order valence-corrected chi connectivity index (χ2v) is 11.3. The molecule has 2 amide bonds. The Bertz CT molecular complexity index is 1360. The zero-order valence-corrected chi connectivity index (χ0v) is 24.1. The van der Waals surface area contributed by atoms with Gasteiger partial charge in [0, 0.05) is 48.4 Å². The van der Waals surface area contributed by atoms with Crippen LogP contribution in [0.15, 0.2) is 29.7 Å². The van der Waals surface area contributed by atoms with Gasteiger partial charge in [-0.3, -0.25) is 9.59 Å². The number of amides is 2. The molecule has 0 aromatic carbocycles. The van der Waals surface area contributed by atoms with Crippen LogP contribution >= 0.6 is 11.5 Å². The highest BCUT2D eigenvalue weighted by Crippen LogP contribution is 2.37. The van der Waals surface area contributed by atoms with E-state index in [1.54, 1.807) is 0 Å². The number of nitrogens with zero attached hydrogens (tertiary/aromatic N) is 5. The van der Waals surface area contributed by atoms with Crippen LogP contribution in [0.25, 0.3) is 0 Å². The number of likely N-dealkylation sites (N-methyl/N-ethyl adjacent to an activating group) is 1. The van der Waals surface area contributed by atoms with Crippen molar-refractivity contribution in [1.82, 2.24) is 24.9 Å². The predicted octanol–water partition coefficient (Wildman–Crippen LogP) is -1.12.